The molecule has 0 unspecified atom stereocenters. The highest BCUT2D eigenvalue weighted by Crippen LogP contribution is 2.16. The van der Waals surface area contributed by atoms with E-state index in [-0.39, 0.29) is 12.6 Å². The Hall–Kier alpha value is -1.62. The summed E-state index contributed by atoms with van der Waals surface area (Å²) in [5.41, 5.74) is 0.703. The second-order valence-corrected chi connectivity index (χ2v) is 3.71. The zero-order chi connectivity index (χ0) is 13.2. The van der Waals surface area contributed by atoms with Crippen LogP contribution >= 0.6 is 0 Å². The molecule has 0 bridgehead atoms. The fraction of sp³-hybridized carbons (Fsp3) is 0.462. The monoisotopic (exact) mass is 255 g/mol. The Kier molecular flexibility index (Phi) is 6.79. The van der Waals surface area contributed by atoms with Gasteiger partial charge in [-0.25, -0.2) is 0 Å². The number of nitrogens with one attached hydrogen (secondary N) is 1. The topological polar surface area (TPSA) is 47.6 Å². The summed E-state index contributed by atoms with van der Waals surface area (Å²) in [4.78, 5) is 11.4. The number of rotatable bonds is 8. The molecule has 4 nitrogen and oxygen atoms in total. The van der Waals surface area contributed by atoms with Gasteiger partial charge in [0.25, 0.3) is 0 Å². The largest absolute Gasteiger partial charge is 0.493 e. The number of methoxy groups -OCH3 is 1. The molecule has 0 aromatic heterocycles. The highest BCUT2D eigenvalue weighted by Gasteiger charge is 2.02. The van der Waals surface area contributed by atoms with Crippen LogP contribution in [0.15, 0.2) is 24.3 Å². The van der Waals surface area contributed by atoms with Crippen molar-refractivity contribution < 1.29 is 18.7 Å². The lowest BCUT2D eigenvalue weighted by molar-refractivity contribution is -0.117. The Morgan fingerprint density at radius 1 is 1.28 bits per heavy atom. The summed E-state index contributed by atoms with van der Waals surface area (Å²) >= 11 is 0. The Labute approximate surface area is 106 Å². The number of ether oxygens (including phenoxy) is 2. The first-order valence-electron chi connectivity index (χ1n) is 5.84. The second kappa shape index (κ2) is 8.47. The summed E-state index contributed by atoms with van der Waals surface area (Å²) in [7, 11) is 1.55. The van der Waals surface area contributed by atoms with E-state index in [1.807, 2.05) is 0 Å². The summed E-state index contributed by atoms with van der Waals surface area (Å²) in [6.45, 7) is 0.375. The number of carbonyl (C=O) groups excluding carboxylic acids is 1. The smallest absolute Gasteiger partial charge is 0.226 e. The quantitative estimate of drug-likeness (QED) is 0.726. The number of hydrogen-bond donors (Lipinski definition) is 1. The van der Waals surface area contributed by atoms with Gasteiger partial charge in [-0.15, -0.1) is 0 Å². The molecule has 100 valence electrons. The molecular weight excluding hydrogens is 237 g/mol. The van der Waals surface area contributed by atoms with Crippen molar-refractivity contribution in [2.75, 3.05) is 32.3 Å². The van der Waals surface area contributed by atoms with Crippen LogP contribution in [0.4, 0.5) is 10.1 Å². The van der Waals surface area contributed by atoms with E-state index in [1.54, 1.807) is 31.4 Å². The van der Waals surface area contributed by atoms with Crippen molar-refractivity contribution in [2.24, 2.45) is 0 Å². The van der Waals surface area contributed by atoms with E-state index in [0.717, 1.165) is 0 Å². The molecule has 1 aromatic rings. The van der Waals surface area contributed by atoms with Crippen LogP contribution in [0.25, 0.3) is 0 Å². The molecule has 18 heavy (non-hydrogen) atoms. The van der Waals surface area contributed by atoms with Crippen LogP contribution in [0, 0.1) is 0 Å². The Bertz CT molecular complexity index is 354. The molecule has 1 aromatic carbocycles. The third kappa shape index (κ3) is 5.63. The molecule has 0 radical (unpaired) electrons. The minimum Gasteiger partial charge on any atom is -0.493 e. The van der Waals surface area contributed by atoms with Gasteiger partial charge in [-0.3, -0.25) is 9.18 Å². The molecule has 0 heterocycles. The zero-order valence-corrected chi connectivity index (χ0v) is 10.4. The van der Waals surface area contributed by atoms with Gasteiger partial charge in [0, 0.05) is 19.2 Å². The predicted octanol–water partition coefficient (Wildman–Crippen LogP) is 2.40. The van der Waals surface area contributed by atoms with E-state index in [1.165, 1.54) is 0 Å². The molecule has 1 amide bonds. The number of hydrogen-bond acceptors (Lipinski definition) is 3. The first kappa shape index (κ1) is 14.4. The maximum atomic E-state index is 11.9. The summed E-state index contributed by atoms with van der Waals surface area (Å²) in [6.07, 6.45) is 0.709. The first-order chi connectivity index (χ1) is 8.76. The van der Waals surface area contributed by atoms with Gasteiger partial charge in [-0.1, -0.05) is 0 Å². The van der Waals surface area contributed by atoms with Gasteiger partial charge in [0.1, 0.15) is 5.75 Å². The third-order valence-corrected chi connectivity index (χ3v) is 2.22. The summed E-state index contributed by atoms with van der Waals surface area (Å²) in [5, 5.41) is 2.74. The van der Waals surface area contributed by atoms with Crippen LogP contribution in [-0.2, 0) is 9.53 Å². The number of amides is 1. The van der Waals surface area contributed by atoms with Crippen LogP contribution in [0.3, 0.4) is 0 Å². The third-order valence-electron chi connectivity index (χ3n) is 2.22. The SMILES string of the molecule is COCCC(=O)Nc1ccc(OCCCF)cc1. The van der Waals surface area contributed by atoms with Crippen molar-refractivity contribution in [3.8, 4) is 5.75 Å². The minimum atomic E-state index is -0.381. The first-order valence-corrected chi connectivity index (χ1v) is 5.84. The number of anilines is 1. The number of benzene rings is 1. The predicted molar refractivity (Wildman–Crippen MR) is 67.7 cm³/mol. The van der Waals surface area contributed by atoms with Gasteiger partial charge in [-0.05, 0) is 24.3 Å². The van der Waals surface area contributed by atoms with Crippen molar-refractivity contribution in [3.63, 3.8) is 0 Å². The van der Waals surface area contributed by atoms with E-state index >= 15 is 0 Å². The van der Waals surface area contributed by atoms with Crippen molar-refractivity contribution in [1.82, 2.24) is 0 Å². The van der Waals surface area contributed by atoms with Gasteiger partial charge in [0.2, 0.25) is 5.91 Å². The fourth-order valence-electron chi connectivity index (χ4n) is 1.30. The summed E-state index contributed by atoms with van der Waals surface area (Å²) in [5.74, 6) is 0.571. The maximum absolute atomic E-state index is 11.9. The zero-order valence-electron chi connectivity index (χ0n) is 10.4. The molecule has 0 fully saturated rings. The van der Waals surface area contributed by atoms with Gasteiger partial charge >= 0.3 is 0 Å². The van der Waals surface area contributed by atoms with Crippen molar-refractivity contribution in [2.45, 2.75) is 12.8 Å². The molecule has 0 spiro atoms. The van der Waals surface area contributed by atoms with E-state index in [4.69, 9.17) is 9.47 Å². The molecule has 5 heteroatoms. The van der Waals surface area contributed by atoms with Crippen molar-refractivity contribution in [1.29, 1.82) is 0 Å². The van der Waals surface area contributed by atoms with Gasteiger partial charge in [-0.2, -0.15) is 0 Å². The van der Waals surface area contributed by atoms with Crippen LogP contribution in [-0.4, -0.2) is 32.9 Å². The van der Waals surface area contributed by atoms with Gasteiger partial charge in [0.05, 0.1) is 26.3 Å². The molecule has 0 saturated carbocycles. The lowest BCUT2D eigenvalue weighted by Crippen LogP contribution is -2.13. The highest BCUT2D eigenvalue weighted by molar-refractivity contribution is 5.90. The van der Waals surface area contributed by atoms with Crippen molar-refractivity contribution >= 4 is 11.6 Å². The molecule has 0 atom stereocenters. The second-order valence-electron chi connectivity index (χ2n) is 3.71. The van der Waals surface area contributed by atoms with Crippen LogP contribution in [0.1, 0.15) is 12.8 Å². The number of carbonyl (C=O) groups is 1. The number of halogens is 1. The lowest BCUT2D eigenvalue weighted by Gasteiger charge is -2.07. The van der Waals surface area contributed by atoms with E-state index in [0.29, 0.717) is 37.5 Å². The molecule has 0 aliphatic carbocycles. The van der Waals surface area contributed by atoms with Gasteiger partial charge < -0.3 is 14.8 Å². The molecule has 0 saturated heterocycles. The molecule has 0 aliphatic rings. The fourth-order valence-corrected chi connectivity index (χ4v) is 1.30. The van der Waals surface area contributed by atoms with Crippen LogP contribution in [0.5, 0.6) is 5.75 Å². The normalized spacial score (nSPS) is 10.1. The molecular formula is C13H18FNO3. The van der Waals surface area contributed by atoms with Crippen LogP contribution in [0.2, 0.25) is 0 Å². The Morgan fingerprint density at radius 2 is 2.00 bits per heavy atom. The average molecular weight is 255 g/mol. The molecule has 1 rings (SSSR count). The standard InChI is InChI=1S/C13H18FNO3/c1-17-10-7-13(16)15-11-3-5-12(6-4-11)18-9-2-8-14/h3-6H,2,7-10H2,1H3,(H,15,16). The van der Waals surface area contributed by atoms with Crippen molar-refractivity contribution in [3.05, 3.63) is 24.3 Å². The Morgan fingerprint density at radius 3 is 2.61 bits per heavy atom. The van der Waals surface area contributed by atoms with E-state index in [2.05, 4.69) is 5.32 Å². The van der Waals surface area contributed by atoms with E-state index in [9.17, 15) is 9.18 Å². The summed E-state index contributed by atoms with van der Waals surface area (Å²) in [6, 6.07) is 6.97. The van der Waals surface area contributed by atoms with Crippen LogP contribution < -0.4 is 10.1 Å². The lowest BCUT2D eigenvalue weighted by atomic mass is 10.3. The highest BCUT2D eigenvalue weighted by atomic mass is 19.1. The average Bonchev–Trinajstić information content (AvgIpc) is 2.39. The molecule has 0 aliphatic heterocycles. The number of alkyl halides is 1. The van der Waals surface area contributed by atoms with Gasteiger partial charge in [0.15, 0.2) is 0 Å². The Balaban J connectivity index is 2.37. The molecule has 1 N–H and O–H groups in total. The minimum absolute atomic E-state index is 0.0945. The maximum Gasteiger partial charge on any atom is 0.226 e. The summed E-state index contributed by atoms with van der Waals surface area (Å²) < 4.78 is 22.0. The van der Waals surface area contributed by atoms with E-state index < -0.39 is 0 Å².